The minimum absolute atomic E-state index is 0.0414. The number of sulfone groups is 1. The molecule has 1 aromatic rings. The highest BCUT2D eigenvalue weighted by Crippen LogP contribution is 2.32. The number of ether oxygens (including phenoxy) is 2. The van der Waals surface area contributed by atoms with Gasteiger partial charge in [0.2, 0.25) is 5.91 Å². The van der Waals surface area contributed by atoms with Gasteiger partial charge in [-0.05, 0) is 55.2 Å². The normalized spacial score (nSPS) is 17.7. The molecule has 1 atom stereocenters. The number of rotatable bonds is 13. The quantitative estimate of drug-likeness (QED) is 0.361. The Balaban J connectivity index is 1.46. The van der Waals surface area contributed by atoms with Crippen LogP contribution in [-0.2, 0) is 19.4 Å². The first kappa shape index (κ1) is 23.5. The molecule has 10 heteroatoms. The maximum Gasteiger partial charge on any atom is 0.326 e. The Hall–Kier alpha value is -2.20. The van der Waals surface area contributed by atoms with Crippen LogP contribution >= 0.6 is 0 Å². The molecule has 1 aliphatic carbocycles. The molecular formula is C21H29FN2O6S. The van der Waals surface area contributed by atoms with E-state index in [1.165, 1.54) is 11.0 Å². The van der Waals surface area contributed by atoms with Gasteiger partial charge >= 0.3 is 6.03 Å². The lowest BCUT2D eigenvalue weighted by Crippen LogP contribution is -2.30. The molecule has 31 heavy (non-hydrogen) atoms. The summed E-state index contributed by atoms with van der Waals surface area (Å²) in [6.07, 6.45) is 3.08. The van der Waals surface area contributed by atoms with Gasteiger partial charge in [-0.25, -0.2) is 17.6 Å². The molecule has 3 amide bonds. The van der Waals surface area contributed by atoms with Crippen LogP contribution in [0.15, 0.2) is 18.2 Å². The molecule has 1 heterocycles. The first-order valence-electron chi connectivity index (χ1n) is 10.6. The lowest BCUT2D eigenvalue weighted by Gasteiger charge is -2.18. The van der Waals surface area contributed by atoms with Crippen molar-refractivity contribution in [2.75, 3.05) is 38.0 Å². The van der Waals surface area contributed by atoms with Crippen molar-refractivity contribution in [2.45, 2.75) is 38.5 Å². The first-order chi connectivity index (χ1) is 14.8. The first-order valence-corrected chi connectivity index (χ1v) is 12.4. The molecule has 0 radical (unpaired) electrons. The van der Waals surface area contributed by atoms with Crippen molar-refractivity contribution in [3.8, 4) is 5.75 Å². The predicted molar refractivity (Wildman–Crippen MR) is 112 cm³/mol. The maximum absolute atomic E-state index is 14.0. The second kappa shape index (κ2) is 10.4. The van der Waals surface area contributed by atoms with Crippen molar-refractivity contribution in [3.05, 3.63) is 29.6 Å². The standard InChI is InChI=1S/C21H29FN2O6S/c1-2-16(17-6-7-18(22)19(10-17)30-12-15-4-5-15)13-31(27,28)9-3-8-29-14-24-11-20(25)23-21(24)26/h6-7,10,15-16H,2-5,8-9,11-14H2,1H3,(H,23,25,26)/t16-/m0/s1. The number of nitrogens with zero attached hydrogens (tertiary/aromatic N) is 1. The van der Waals surface area contributed by atoms with E-state index in [-0.39, 0.29) is 55.4 Å². The van der Waals surface area contributed by atoms with E-state index in [2.05, 4.69) is 5.32 Å². The third-order valence-corrected chi connectivity index (χ3v) is 7.23. The SMILES string of the molecule is CC[C@@H](CS(=O)(=O)CCCOCN1CC(=O)NC1=O)c1ccc(F)c(OCC2CC2)c1. The molecule has 3 rings (SSSR count). The summed E-state index contributed by atoms with van der Waals surface area (Å²) in [7, 11) is -3.36. The van der Waals surface area contributed by atoms with Gasteiger partial charge in [-0.2, -0.15) is 0 Å². The number of carbonyl (C=O) groups excluding carboxylic acids is 2. The third-order valence-electron chi connectivity index (χ3n) is 5.41. The average molecular weight is 457 g/mol. The fraction of sp³-hybridized carbons (Fsp3) is 0.619. The largest absolute Gasteiger partial charge is 0.490 e. The Morgan fingerprint density at radius 1 is 1.29 bits per heavy atom. The van der Waals surface area contributed by atoms with Gasteiger partial charge in [0, 0.05) is 6.61 Å². The highest BCUT2D eigenvalue weighted by molar-refractivity contribution is 7.91. The lowest BCUT2D eigenvalue weighted by molar-refractivity contribution is -0.118. The van der Waals surface area contributed by atoms with Gasteiger partial charge in [-0.15, -0.1) is 0 Å². The van der Waals surface area contributed by atoms with E-state index in [4.69, 9.17) is 9.47 Å². The van der Waals surface area contributed by atoms with E-state index >= 15 is 0 Å². The van der Waals surface area contributed by atoms with Crippen LogP contribution in [0.25, 0.3) is 0 Å². The van der Waals surface area contributed by atoms with Crippen LogP contribution in [-0.4, -0.2) is 63.3 Å². The Morgan fingerprint density at radius 3 is 2.71 bits per heavy atom. The summed E-state index contributed by atoms with van der Waals surface area (Å²) < 4.78 is 50.1. The summed E-state index contributed by atoms with van der Waals surface area (Å²) in [6.45, 7) is 2.43. The van der Waals surface area contributed by atoms with Gasteiger partial charge in [0.25, 0.3) is 0 Å². The zero-order chi connectivity index (χ0) is 22.4. The summed E-state index contributed by atoms with van der Waals surface area (Å²) in [6, 6.07) is 4.06. The van der Waals surface area contributed by atoms with Gasteiger partial charge in [0.15, 0.2) is 21.4 Å². The van der Waals surface area contributed by atoms with E-state index in [1.54, 1.807) is 12.1 Å². The zero-order valence-electron chi connectivity index (χ0n) is 17.6. The summed E-state index contributed by atoms with van der Waals surface area (Å²) >= 11 is 0. The molecule has 1 aliphatic heterocycles. The van der Waals surface area contributed by atoms with Crippen molar-refractivity contribution in [1.29, 1.82) is 0 Å². The van der Waals surface area contributed by atoms with Crippen LogP contribution in [0.3, 0.4) is 0 Å². The van der Waals surface area contributed by atoms with Crippen molar-refractivity contribution in [1.82, 2.24) is 10.2 Å². The van der Waals surface area contributed by atoms with Crippen molar-refractivity contribution in [3.63, 3.8) is 0 Å². The molecule has 1 saturated heterocycles. The van der Waals surface area contributed by atoms with Crippen LogP contribution in [0.4, 0.5) is 9.18 Å². The second-order valence-electron chi connectivity index (χ2n) is 8.11. The highest BCUT2D eigenvalue weighted by Gasteiger charge is 2.27. The zero-order valence-corrected chi connectivity index (χ0v) is 18.5. The van der Waals surface area contributed by atoms with Crippen LogP contribution in [0.5, 0.6) is 5.75 Å². The topological polar surface area (TPSA) is 102 Å². The molecule has 1 aromatic carbocycles. The number of carbonyl (C=O) groups is 2. The van der Waals surface area contributed by atoms with E-state index in [0.717, 1.165) is 18.4 Å². The van der Waals surface area contributed by atoms with Gasteiger partial charge in [0.05, 0.1) is 18.1 Å². The molecular weight excluding hydrogens is 427 g/mol. The number of benzene rings is 1. The molecule has 0 bridgehead atoms. The Morgan fingerprint density at radius 2 is 2.06 bits per heavy atom. The number of halogens is 1. The summed E-state index contributed by atoms with van der Waals surface area (Å²) in [5.74, 6) is -0.502. The molecule has 0 unspecified atom stereocenters. The number of amides is 3. The lowest BCUT2D eigenvalue weighted by atomic mass is 9.98. The number of urea groups is 1. The Labute approximate surface area is 182 Å². The van der Waals surface area contributed by atoms with Crippen LogP contribution < -0.4 is 10.1 Å². The Kier molecular flexibility index (Phi) is 7.88. The molecule has 2 aliphatic rings. The molecule has 8 nitrogen and oxygen atoms in total. The van der Waals surface area contributed by atoms with Gasteiger partial charge in [0.1, 0.15) is 13.3 Å². The van der Waals surface area contributed by atoms with Crippen molar-refractivity contribution >= 4 is 21.8 Å². The van der Waals surface area contributed by atoms with E-state index in [9.17, 15) is 22.4 Å². The molecule has 1 N–H and O–H groups in total. The van der Waals surface area contributed by atoms with E-state index in [1.807, 2.05) is 6.92 Å². The maximum atomic E-state index is 14.0. The van der Waals surface area contributed by atoms with Gasteiger partial charge in [-0.3, -0.25) is 15.0 Å². The second-order valence-corrected chi connectivity index (χ2v) is 10.3. The molecule has 2 fully saturated rings. The van der Waals surface area contributed by atoms with Crippen LogP contribution in [0.1, 0.15) is 44.1 Å². The third kappa shape index (κ3) is 7.17. The molecule has 0 aromatic heterocycles. The number of imide groups is 1. The van der Waals surface area contributed by atoms with Crippen LogP contribution in [0, 0.1) is 11.7 Å². The van der Waals surface area contributed by atoms with Crippen molar-refractivity contribution < 1.29 is 31.9 Å². The van der Waals surface area contributed by atoms with Crippen LogP contribution in [0.2, 0.25) is 0 Å². The molecule has 172 valence electrons. The number of hydrogen-bond donors (Lipinski definition) is 1. The smallest absolute Gasteiger partial charge is 0.326 e. The highest BCUT2D eigenvalue weighted by atomic mass is 32.2. The fourth-order valence-electron chi connectivity index (χ4n) is 3.36. The minimum Gasteiger partial charge on any atom is -0.490 e. The average Bonchev–Trinajstić information content (AvgIpc) is 3.49. The predicted octanol–water partition coefficient (Wildman–Crippen LogP) is 2.44. The summed E-state index contributed by atoms with van der Waals surface area (Å²) in [5.41, 5.74) is 0.749. The van der Waals surface area contributed by atoms with Gasteiger partial charge < -0.3 is 9.47 Å². The molecule has 1 saturated carbocycles. The fourth-order valence-corrected chi connectivity index (χ4v) is 5.12. The van der Waals surface area contributed by atoms with Gasteiger partial charge in [-0.1, -0.05) is 13.0 Å². The van der Waals surface area contributed by atoms with E-state index < -0.39 is 21.7 Å². The number of hydrogen-bond acceptors (Lipinski definition) is 6. The summed E-state index contributed by atoms with van der Waals surface area (Å²) in [4.78, 5) is 23.7. The van der Waals surface area contributed by atoms with Crippen molar-refractivity contribution in [2.24, 2.45) is 5.92 Å². The molecule has 0 spiro atoms. The summed E-state index contributed by atoms with van der Waals surface area (Å²) in [5, 5.41) is 2.14. The minimum atomic E-state index is -3.36. The number of nitrogens with one attached hydrogen (secondary N) is 1. The monoisotopic (exact) mass is 456 g/mol. The van der Waals surface area contributed by atoms with E-state index in [0.29, 0.717) is 18.9 Å². The Bertz CT molecular complexity index is 903.